The van der Waals surface area contributed by atoms with Gasteiger partial charge in [0.15, 0.2) is 0 Å². The molecule has 1 heterocycles. The summed E-state index contributed by atoms with van der Waals surface area (Å²) in [6.07, 6.45) is 2.46. The summed E-state index contributed by atoms with van der Waals surface area (Å²) in [6.45, 7) is 6.00. The smallest absolute Gasteiger partial charge is 0.0591 e. The zero-order valence-electron chi connectivity index (χ0n) is 10.0. The first kappa shape index (κ1) is 12.9. The molecule has 0 aliphatic carbocycles. The van der Waals surface area contributed by atoms with Crippen molar-refractivity contribution in [2.75, 3.05) is 20.3 Å². The van der Waals surface area contributed by atoms with Crippen molar-refractivity contribution in [3.63, 3.8) is 0 Å². The number of hydrazine groups is 1. The van der Waals surface area contributed by atoms with Crippen LogP contribution in [0.1, 0.15) is 26.7 Å². The minimum absolute atomic E-state index is 0.316. The van der Waals surface area contributed by atoms with Gasteiger partial charge in [0.05, 0.1) is 6.10 Å². The maximum absolute atomic E-state index is 5.64. The number of nitrogens with one attached hydrogen (secondary N) is 1. The molecule has 0 aromatic rings. The Bertz CT molecular complexity index is 178. The molecule has 0 radical (unpaired) electrons. The van der Waals surface area contributed by atoms with E-state index >= 15 is 0 Å². The Morgan fingerprint density at radius 3 is 2.80 bits per heavy atom. The van der Waals surface area contributed by atoms with Crippen LogP contribution in [-0.4, -0.2) is 32.5 Å². The Morgan fingerprint density at radius 1 is 1.60 bits per heavy atom. The normalized spacial score (nSPS) is 30.4. The van der Waals surface area contributed by atoms with Crippen molar-refractivity contribution in [3.8, 4) is 0 Å². The van der Waals surface area contributed by atoms with Crippen molar-refractivity contribution in [2.45, 2.75) is 38.8 Å². The van der Waals surface area contributed by atoms with Crippen LogP contribution in [0.2, 0.25) is 0 Å². The van der Waals surface area contributed by atoms with Gasteiger partial charge < -0.3 is 9.47 Å². The van der Waals surface area contributed by atoms with E-state index < -0.39 is 0 Å². The molecule has 1 aliphatic rings. The summed E-state index contributed by atoms with van der Waals surface area (Å²) in [5.74, 6) is 6.69. The van der Waals surface area contributed by atoms with E-state index in [9.17, 15) is 0 Å². The summed E-state index contributed by atoms with van der Waals surface area (Å²) in [4.78, 5) is 0. The van der Waals surface area contributed by atoms with Crippen LogP contribution < -0.4 is 11.3 Å². The van der Waals surface area contributed by atoms with E-state index in [1.807, 2.05) is 0 Å². The number of hydrogen-bond donors (Lipinski definition) is 2. The Hall–Kier alpha value is -0.160. The van der Waals surface area contributed by atoms with Gasteiger partial charge in [-0.2, -0.15) is 0 Å². The fraction of sp³-hybridized carbons (Fsp3) is 1.00. The molecule has 4 unspecified atom stereocenters. The topological polar surface area (TPSA) is 56.5 Å². The van der Waals surface area contributed by atoms with E-state index in [0.29, 0.717) is 24.0 Å². The molecular weight excluding hydrogens is 192 g/mol. The highest BCUT2D eigenvalue weighted by Crippen LogP contribution is 2.28. The van der Waals surface area contributed by atoms with Crippen LogP contribution in [0.3, 0.4) is 0 Å². The average Bonchev–Trinajstić information content (AvgIpc) is 2.63. The minimum Gasteiger partial charge on any atom is -0.385 e. The molecule has 4 heteroatoms. The van der Waals surface area contributed by atoms with Gasteiger partial charge in [-0.25, -0.2) is 0 Å². The molecule has 0 aromatic carbocycles. The van der Waals surface area contributed by atoms with Gasteiger partial charge in [-0.3, -0.25) is 11.3 Å². The van der Waals surface area contributed by atoms with Crippen molar-refractivity contribution in [1.82, 2.24) is 5.43 Å². The third-order valence-corrected chi connectivity index (χ3v) is 3.48. The summed E-state index contributed by atoms with van der Waals surface area (Å²) in [6, 6.07) is 0.331. The van der Waals surface area contributed by atoms with Crippen molar-refractivity contribution in [2.24, 2.45) is 17.7 Å². The fourth-order valence-corrected chi connectivity index (χ4v) is 2.41. The molecule has 0 spiro atoms. The molecule has 0 saturated carbocycles. The molecule has 0 bridgehead atoms. The molecule has 1 rings (SSSR count). The summed E-state index contributed by atoms with van der Waals surface area (Å²) in [5.41, 5.74) is 2.95. The summed E-state index contributed by atoms with van der Waals surface area (Å²) in [7, 11) is 1.74. The molecule has 1 fully saturated rings. The standard InChI is InChI=1S/C11H24N2O2/c1-8(4-6-14-3)11(13-12)10-5-7-15-9(10)2/h8-11,13H,4-7,12H2,1-3H3. The Balaban J connectivity index is 2.46. The molecular formula is C11H24N2O2. The third-order valence-electron chi connectivity index (χ3n) is 3.48. The van der Waals surface area contributed by atoms with E-state index in [0.717, 1.165) is 26.1 Å². The summed E-state index contributed by atoms with van der Waals surface area (Å²) >= 11 is 0. The second kappa shape index (κ2) is 6.43. The van der Waals surface area contributed by atoms with Crippen LogP contribution >= 0.6 is 0 Å². The highest BCUT2D eigenvalue weighted by atomic mass is 16.5. The predicted molar refractivity (Wildman–Crippen MR) is 60.3 cm³/mol. The number of rotatable bonds is 6. The van der Waals surface area contributed by atoms with Crippen LogP contribution in [-0.2, 0) is 9.47 Å². The van der Waals surface area contributed by atoms with Crippen molar-refractivity contribution in [1.29, 1.82) is 0 Å². The fourth-order valence-electron chi connectivity index (χ4n) is 2.41. The number of ether oxygens (including phenoxy) is 2. The SMILES string of the molecule is COCCC(C)C(NN)C1CCOC1C. The lowest BCUT2D eigenvalue weighted by Crippen LogP contribution is -2.47. The Labute approximate surface area is 92.5 Å². The van der Waals surface area contributed by atoms with E-state index in [4.69, 9.17) is 15.3 Å². The van der Waals surface area contributed by atoms with E-state index in [2.05, 4.69) is 19.3 Å². The van der Waals surface area contributed by atoms with Gasteiger partial charge in [-0.1, -0.05) is 6.92 Å². The monoisotopic (exact) mass is 216 g/mol. The number of hydrogen-bond acceptors (Lipinski definition) is 4. The van der Waals surface area contributed by atoms with E-state index in [1.165, 1.54) is 0 Å². The molecule has 90 valence electrons. The van der Waals surface area contributed by atoms with Gasteiger partial charge in [0.25, 0.3) is 0 Å². The van der Waals surface area contributed by atoms with Gasteiger partial charge in [0.2, 0.25) is 0 Å². The molecule has 1 saturated heterocycles. The van der Waals surface area contributed by atoms with Crippen molar-refractivity contribution >= 4 is 0 Å². The van der Waals surface area contributed by atoms with Crippen LogP contribution in [0.25, 0.3) is 0 Å². The highest BCUT2D eigenvalue weighted by molar-refractivity contribution is 4.86. The highest BCUT2D eigenvalue weighted by Gasteiger charge is 2.34. The minimum atomic E-state index is 0.316. The first-order chi connectivity index (χ1) is 7.20. The van der Waals surface area contributed by atoms with Crippen LogP contribution in [0.5, 0.6) is 0 Å². The van der Waals surface area contributed by atoms with Gasteiger partial charge in [0.1, 0.15) is 0 Å². The molecule has 4 atom stereocenters. The van der Waals surface area contributed by atoms with Crippen LogP contribution in [0.4, 0.5) is 0 Å². The summed E-state index contributed by atoms with van der Waals surface area (Å²) < 4.78 is 10.7. The molecule has 1 aliphatic heterocycles. The molecule has 3 N–H and O–H groups in total. The molecule has 4 nitrogen and oxygen atoms in total. The van der Waals surface area contributed by atoms with Crippen molar-refractivity contribution in [3.05, 3.63) is 0 Å². The lowest BCUT2D eigenvalue weighted by Gasteiger charge is -2.30. The van der Waals surface area contributed by atoms with Crippen LogP contribution in [0, 0.1) is 11.8 Å². The zero-order valence-corrected chi connectivity index (χ0v) is 10.0. The first-order valence-electron chi connectivity index (χ1n) is 5.77. The van der Waals surface area contributed by atoms with E-state index in [1.54, 1.807) is 7.11 Å². The number of nitrogens with two attached hydrogens (primary N) is 1. The largest absolute Gasteiger partial charge is 0.385 e. The zero-order chi connectivity index (χ0) is 11.3. The lowest BCUT2D eigenvalue weighted by molar-refractivity contribution is 0.0825. The first-order valence-corrected chi connectivity index (χ1v) is 5.77. The predicted octanol–water partition coefficient (Wildman–Crippen LogP) is 0.916. The Kier molecular flexibility index (Phi) is 5.53. The third kappa shape index (κ3) is 3.41. The van der Waals surface area contributed by atoms with Gasteiger partial charge in [-0.15, -0.1) is 0 Å². The molecule has 0 amide bonds. The number of methoxy groups -OCH3 is 1. The second-order valence-corrected chi connectivity index (χ2v) is 4.48. The Morgan fingerprint density at radius 2 is 2.33 bits per heavy atom. The molecule has 15 heavy (non-hydrogen) atoms. The maximum atomic E-state index is 5.64. The van der Waals surface area contributed by atoms with Crippen LogP contribution in [0.15, 0.2) is 0 Å². The van der Waals surface area contributed by atoms with Gasteiger partial charge in [-0.05, 0) is 25.7 Å². The lowest BCUT2D eigenvalue weighted by atomic mass is 9.84. The second-order valence-electron chi connectivity index (χ2n) is 4.48. The van der Waals surface area contributed by atoms with Crippen molar-refractivity contribution < 1.29 is 9.47 Å². The maximum Gasteiger partial charge on any atom is 0.0591 e. The van der Waals surface area contributed by atoms with Gasteiger partial charge >= 0.3 is 0 Å². The average molecular weight is 216 g/mol. The quantitative estimate of drug-likeness (QED) is 0.512. The van der Waals surface area contributed by atoms with E-state index in [-0.39, 0.29) is 0 Å². The summed E-state index contributed by atoms with van der Waals surface area (Å²) in [5, 5.41) is 0. The van der Waals surface area contributed by atoms with Gasteiger partial charge in [0, 0.05) is 32.3 Å². The molecule has 0 aromatic heterocycles.